The Morgan fingerprint density at radius 2 is 1.12 bits per heavy atom. The van der Waals surface area contributed by atoms with Crippen LogP contribution in [0.1, 0.15) is 124 Å². The van der Waals surface area contributed by atoms with Crippen molar-refractivity contribution in [1.82, 2.24) is 5.32 Å². The molecule has 0 aliphatic heterocycles. The fraction of sp³-hybridized carbons (Fsp3) is 0.955. The van der Waals surface area contributed by atoms with E-state index < -0.39 is 0 Å². The quantitative estimate of drug-likeness (QED) is 0.214. The summed E-state index contributed by atoms with van der Waals surface area (Å²) in [5.41, 5.74) is 5.11. The number of unbranched alkanes of at least 4 members (excludes halogenated alkanes) is 14. The lowest BCUT2D eigenvalue weighted by atomic mass is 10.0. The van der Waals surface area contributed by atoms with Crippen LogP contribution in [0.2, 0.25) is 0 Å². The van der Waals surface area contributed by atoms with Gasteiger partial charge in [-0.15, -0.1) is 0 Å². The second-order valence-corrected chi connectivity index (χ2v) is 7.40. The first-order chi connectivity index (χ1) is 12.5. The molecule has 0 aromatic rings. The summed E-state index contributed by atoms with van der Waals surface area (Å²) in [6.45, 7) is 6.76. The van der Waals surface area contributed by atoms with Gasteiger partial charge in [-0.2, -0.15) is 0 Å². The highest BCUT2D eigenvalue weighted by molar-refractivity contribution is 5.73. The number of hydrogen-bond acceptors (Lipinski definition) is 3. The zero-order chi connectivity index (χ0) is 19.9. The molecule has 4 N–H and O–H groups in total. The van der Waals surface area contributed by atoms with Crippen molar-refractivity contribution >= 4 is 5.91 Å². The van der Waals surface area contributed by atoms with E-state index >= 15 is 0 Å². The maximum absolute atomic E-state index is 10.6. The Labute approximate surface area is 163 Å². The number of amides is 1. The van der Waals surface area contributed by atoms with Crippen LogP contribution in [-0.2, 0) is 4.79 Å². The molecule has 0 radical (unpaired) electrons. The summed E-state index contributed by atoms with van der Waals surface area (Å²) in [6, 6.07) is 0. The van der Waals surface area contributed by atoms with Gasteiger partial charge in [0.05, 0.1) is 0 Å². The first kappa shape index (κ1) is 27.6. The average Bonchev–Trinajstić information content (AvgIpc) is 2.58. The largest absolute Gasteiger partial charge is 0.379 e. The standard InChI is InChI=1S/C18H37NO.C4H11NO/c1-2-3-4-5-6-7-8-9-10-11-12-13-14-15-16-17-18(19)20;1-3-5-4(2)6/h2-17H2,1H3,(H2,19,20);4-6H,3H2,1-2H3. The van der Waals surface area contributed by atoms with Crippen molar-refractivity contribution in [2.45, 2.75) is 130 Å². The molecule has 0 heterocycles. The molecule has 0 bridgehead atoms. The van der Waals surface area contributed by atoms with E-state index in [0.717, 1.165) is 13.0 Å². The van der Waals surface area contributed by atoms with Gasteiger partial charge in [0.2, 0.25) is 5.91 Å². The fourth-order valence-corrected chi connectivity index (χ4v) is 2.97. The van der Waals surface area contributed by atoms with E-state index in [9.17, 15) is 4.79 Å². The molecule has 4 heteroatoms. The molecule has 158 valence electrons. The van der Waals surface area contributed by atoms with Gasteiger partial charge < -0.3 is 10.8 Å². The normalized spacial score (nSPS) is 11.7. The van der Waals surface area contributed by atoms with Crippen molar-refractivity contribution in [2.24, 2.45) is 5.73 Å². The number of primary amides is 1. The monoisotopic (exact) mass is 372 g/mol. The molecule has 0 saturated heterocycles. The Kier molecular flexibility index (Phi) is 25.9. The van der Waals surface area contributed by atoms with E-state index in [4.69, 9.17) is 10.8 Å². The van der Waals surface area contributed by atoms with Crippen LogP contribution >= 0.6 is 0 Å². The third kappa shape index (κ3) is 31.2. The zero-order valence-corrected chi connectivity index (χ0v) is 18.0. The summed E-state index contributed by atoms with van der Waals surface area (Å²) in [5, 5.41) is 11.2. The molecular weight excluding hydrogens is 324 g/mol. The fourth-order valence-electron chi connectivity index (χ4n) is 2.97. The van der Waals surface area contributed by atoms with Crippen molar-refractivity contribution in [3.8, 4) is 0 Å². The number of nitrogens with two attached hydrogens (primary N) is 1. The Morgan fingerprint density at radius 1 is 0.769 bits per heavy atom. The number of aliphatic hydroxyl groups is 1. The van der Waals surface area contributed by atoms with E-state index in [0.29, 0.717) is 6.42 Å². The van der Waals surface area contributed by atoms with Crippen LogP contribution < -0.4 is 11.1 Å². The van der Waals surface area contributed by atoms with E-state index in [-0.39, 0.29) is 12.1 Å². The van der Waals surface area contributed by atoms with Gasteiger partial charge in [-0.1, -0.05) is 104 Å². The molecule has 0 rings (SSSR count). The van der Waals surface area contributed by atoms with Crippen molar-refractivity contribution < 1.29 is 9.90 Å². The first-order valence-corrected chi connectivity index (χ1v) is 11.2. The average molecular weight is 373 g/mol. The predicted molar refractivity (Wildman–Crippen MR) is 114 cm³/mol. The highest BCUT2D eigenvalue weighted by atomic mass is 16.3. The lowest BCUT2D eigenvalue weighted by Crippen LogP contribution is -2.24. The van der Waals surface area contributed by atoms with Gasteiger partial charge in [0.1, 0.15) is 6.23 Å². The minimum absolute atomic E-state index is 0.153. The van der Waals surface area contributed by atoms with Crippen LogP contribution in [0.15, 0.2) is 0 Å². The Bertz CT molecular complexity index is 271. The molecule has 1 unspecified atom stereocenters. The van der Waals surface area contributed by atoms with Crippen LogP contribution in [0.4, 0.5) is 0 Å². The van der Waals surface area contributed by atoms with Gasteiger partial charge >= 0.3 is 0 Å². The first-order valence-electron chi connectivity index (χ1n) is 11.2. The van der Waals surface area contributed by atoms with E-state index in [1.165, 1.54) is 89.9 Å². The van der Waals surface area contributed by atoms with E-state index in [1.54, 1.807) is 6.92 Å². The molecule has 0 spiro atoms. The van der Waals surface area contributed by atoms with E-state index in [2.05, 4.69) is 12.2 Å². The molecule has 1 atom stereocenters. The maximum Gasteiger partial charge on any atom is 0.217 e. The summed E-state index contributed by atoms with van der Waals surface area (Å²) >= 11 is 0. The minimum Gasteiger partial charge on any atom is -0.379 e. The SMILES string of the molecule is CCCCCCCCCCCCCCCCCC(N)=O.CCNC(C)O. The molecule has 4 nitrogen and oxygen atoms in total. The summed E-state index contributed by atoms with van der Waals surface area (Å²) in [7, 11) is 0. The Balaban J connectivity index is 0. The summed E-state index contributed by atoms with van der Waals surface area (Å²) in [5.74, 6) is -0.153. The smallest absolute Gasteiger partial charge is 0.217 e. The Hall–Kier alpha value is -0.610. The summed E-state index contributed by atoms with van der Waals surface area (Å²) in [6.07, 6.45) is 20.5. The number of hydrogen-bond donors (Lipinski definition) is 3. The maximum atomic E-state index is 10.6. The molecule has 0 aromatic heterocycles. The van der Waals surface area contributed by atoms with Crippen LogP contribution in [0, 0.1) is 0 Å². The summed E-state index contributed by atoms with van der Waals surface area (Å²) < 4.78 is 0. The second kappa shape index (κ2) is 24.4. The van der Waals surface area contributed by atoms with Gasteiger partial charge in [0, 0.05) is 6.42 Å². The lowest BCUT2D eigenvalue weighted by molar-refractivity contribution is -0.118. The van der Waals surface area contributed by atoms with Crippen molar-refractivity contribution in [1.29, 1.82) is 0 Å². The van der Waals surface area contributed by atoms with Crippen LogP contribution in [-0.4, -0.2) is 23.8 Å². The number of nitrogens with one attached hydrogen (secondary N) is 1. The van der Waals surface area contributed by atoms with Crippen LogP contribution in [0.25, 0.3) is 0 Å². The third-order valence-corrected chi connectivity index (χ3v) is 4.53. The molecule has 0 aliphatic carbocycles. The third-order valence-electron chi connectivity index (χ3n) is 4.53. The van der Waals surface area contributed by atoms with Gasteiger partial charge in [-0.3, -0.25) is 10.1 Å². The van der Waals surface area contributed by atoms with Crippen LogP contribution in [0.3, 0.4) is 0 Å². The highest BCUT2D eigenvalue weighted by Crippen LogP contribution is 2.13. The zero-order valence-electron chi connectivity index (χ0n) is 18.0. The molecule has 0 aliphatic rings. The molecule has 0 fully saturated rings. The molecule has 26 heavy (non-hydrogen) atoms. The number of rotatable bonds is 18. The van der Waals surface area contributed by atoms with Crippen molar-refractivity contribution in [3.05, 3.63) is 0 Å². The topological polar surface area (TPSA) is 75.4 Å². The summed E-state index contributed by atoms with van der Waals surface area (Å²) in [4.78, 5) is 10.6. The van der Waals surface area contributed by atoms with Crippen LogP contribution in [0.5, 0.6) is 0 Å². The molecule has 0 saturated carbocycles. The highest BCUT2D eigenvalue weighted by Gasteiger charge is 1.96. The number of carbonyl (C=O) groups is 1. The predicted octanol–water partition coefficient (Wildman–Crippen LogP) is 5.67. The minimum atomic E-state index is -0.352. The Morgan fingerprint density at radius 3 is 1.35 bits per heavy atom. The number of aliphatic hydroxyl groups excluding tert-OH is 1. The molecular formula is C22H48N2O2. The van der Waals surface area contributed by atoms with Gasteiger partial charge in [-0.25, -0.2) is 0 Å². The van der Waals surface area contributed by atoms with Crippen molar-refractivity contribution in [2.75, 3.05) is 6.54 Å². The van der Waals surface area contributed by atoms with E-state index in [1.807, 2.05) is 6.92 Å². The molecule has 0 aromatic carbocycles. The van der Waals surface area contributed by atoms with Gasteiger partial charge in [0.15, 0.2) is 0 Å². The van der Waals surface area contributed by atoms with Crippen molar-refractivity contribution in [3.63, 3.8) is 0 Å². The second-order valence-electron chi connectivity index (χ2n) is 7.40. The van der Waals surface area contributed by atoms with Gasteiger partial charge in [-0.05, 0) is 19.9 Å². The lowest BCUT2D eigenvalue weighted by Gasteiger charge is -2.03. The molecule has 1 amide bonds. The number of carbonyl (C=O) groups excluding carboxylic acids is 1. The van der Waals surface area contributed by atoms with Gasteiger partial charge in [0.25, 0.3) is 0 Å².